The van der Waals surface area contributed by atoms with Gasteiger partial charge in [0, 0.05) is 44.4 Å². The maximum absolute atomic E-state index is 13.8. The lowest BCUT2D eigenvalue weighted by Gasteiger charge is -2.36. The Morgan fingerprint density at radius 1 is 1.29 bits per heavy atom. The molecule has 0 saturated carbocycles. The van der Waals surface area contributed by atoms with E-state index in [2.05, 4.69) is 10.6 Å². The van der Waals surface area contributed by atoms with Gasteiger partial charge >= 0.3 is 6.03 Å². The van der Waals surface area contributed by atoms with Crippen molar-refractivity contribution in [3.05, 3.63) is 23.0 Å². The van der Waals surface area contributed by atoms with E-state index in [4.69, 9.17) is 16.3 Å². The quantitative estimate of drug-likeness (QED) is 0.715. The fourth-order valence-electron chi connectivity index (χ4n) is 3.37. The minimum absolute atomic E-state index is 0.0158. The summed E-state index contributed by atoms with van der Waals surface area (Å²) in [5.74, 6) is -1.02. The number of carbonyl (C=O) groups excluding carboxylic acids is 3. The fourth-order valence-corrected chi connectivity index (χ4v) is 3.57. The van der Waals surface area contributed by atoms with Gasteiger partial charge < -0.3 is 19.9 Å². The van der Waals surface area contributed by atoms with Crippen molar-refractivity contribution in [2.75, 3.05) is 38.2 Å². The Labute approximate surface area is 166 Å². The van der Waals surface area contributed by atoms with E-state index in [1.165, 1.54) is 7.11 Å². The number of anilines is 1. The molecule has 2 heterocycles. The van der Waals surface area contributed by atoms with E-state index in [9.17, 15) is 18.8 Å². The number of nitrogens with one attached hydrogen (secondary N) is 2. The zero-order chi connectivity index (χ0) is 20.5. The second-order valence-corrected chi connectivity index (χ2v) is 7.46. The SMILES string of the molecule is COc1cc(N2CCN(C(=O)CCC3(C)NC(=O)NC3=O)CC2)cc(Cl)c1F. The van der Waals surface area contributed by atoms with E-state index in [1.807, 2.05) is 4.90 Å². The third-order valence-electron chi connectivity index (χ3n) is 5.15. The number of rotatable bonds is 5. The van der Waals surface area contributed by atoms with Crippen LogP contribution >= 0.6 is 11.6 Å². The molecule has 0 aliphatic carbocycles. The number of benzene rings is 1. The largest absolute Gasteiger partial charge is 0.494 e. The summed E-state index contributed by atoms with van der Waals surface area (Å²) in [7, 11) is 1.38. The molecule has 1 atom stereocenters. The molecule has 2 saturated heterocycles. The molecule has 1 unspecified atom stereocenters. The van der Waals surface area contributed by atoms with Crippen LogP contribution < -0.4 is 20.3 Å². The third kappa shape index (κ3) is 3.99. The van der Waals surface area contributed by atoms with Crippen LogP contribution in [0.5, 0.6) is 5.75 Å². The van der Waals surface area contributed by atoms with Crippen LogP contribution in [0.4, 0.5) is 14.9 Å². The lowest BCUT2D eigenvalue weighted by Crippen LogP contribution is -2.50. The smallest absolute Gasteiger partial charge is 0.322 e. The molecule has 0 radical (unpaired) electrons. The average Bonchev–Trinajstić information content (AvgIpc) is 2.94. The number of imide groups is 1. The summed E-state index contributed by atoms with van der Waals surface area (Å²) in [5, 5.41) is 4.72. The van der Waals surface area contributed by atoms with E-state index < -0.39 is 23.3 Å². The molecule has 2 fully saturated rings. The van der Waals surface area contributed by atoms with Gasteiger partial charge in [0.15, 0.2) is 11.6 Å². The van der Waals surface area contributed by atoms with Crippen LogP contribution in [0.25, 0.3) is 0 Å². The fraction of sp³-hybridized carbons (Fsp3) is 0.500. The second kappa shape index (κ2) is 7.83. The Morgan fingerprint density at radius 2 is 1.96 bits per heavy atom. The summed E-state index contributed by atoms with van der Waals surface area (Å²) in [4.78, 5) is 39.3. The first-order chi connectivity index (χ1) is 13.2. The molecule has 152 valence electrons. The lowest BCUT2D eigenvalue weighted by atomic mass is 9.96. The highest BCUT2D eigenvalue weighted by molar-refractivity contribution is 6.31. The van der Waals surface area contributed by atoms with Crippen molar-refractivity contribution in [3.8, 4) is 5.75 Å². The van der Waals surface area contributed by atoms with Gasteiger partial charge in [0.1, 0.15) is 5.54 Å². The number of carbonyl (C=O) groups is 3. The summed E-state index contributed by atoms with van der Waals surface area (Å²) < 4.78 is 18.8. The topological polar surface area (TPSA) is 91.0 Å². The van der Waals surface area contributed by atoms with E-state index in [-0.39, 0.29) is 29.5 Å². The van der Waals surface area contributed by atoms with Crippen molar-refractivity contribution in [1.29, 1.82) is 0 Å². The Kier molecular flexibility index (Phi) is 5.64. The van der Waals surface area contributed by atoms with Crippen molar-refractivity contribution in [1.82, 2.24) is 15.5 Å². The zero-order valence-electron chi connectivity index (χ0n) is 15.7. The number of urea groups is 1. The molecule has 2 N–H and O–H groups in total. The van der Waals surface area contributed by atoms with Gasteiger partial charge in [-0.15, -0.1) is 0 Å². The molecule has 2 aliphatic rings. The molecular weight excluding hydrogens is 391 g/mol. The van der Waals surface area contributed by atoms with Crippen LogP contribution in [0.15, 0.2) is 12.1 Å². The first kappa shape index (κ1) is 20.2. The first-order valence-corrected chi connectivity index (χ1v) is 9.30. The number of ether oxygens (including phenoxy) is 1. The maximum atomic E-state index is 13.8. The predicted molar refractivity (Wildman–Crippen MR) is 101 cm³/mol. The molecule has 0 spiro atoms. The number of hydrogen-bond donors (Lipinski definition) is 2. The Hall–Kier alpha value is -2.55. The number of methoxy groups -OCH3 is 1. The van der Waals surface area contributed by atoms with Gasteiger partial charge in [-0.25, -0.2) is 9.18 Å². The molecular formula is C18H22ClFN4O4. The van der Waals surface area contributed by atoms with Gasteiger partial charge in [0.25, 0.3) is 5.91 Å². The highest BCUT2D eigenvalue weighted by atomic mass is 35.5. The maximum Gasteiger partial charge on any atom is 0.322 e. The summed E-state index contributed by atoms with van der Waals surface area (Å²) >= 11 is 5.93. The minimum atomic E-state index is -1.06. The van der Waals surface area contributed by atoms with Crippen LogP contribution in [-0.2, 0) is 9.59 Å². The Bertz CT molecular complexity index is 813. The highest BCUT2D eigenvalue weighted by Gasteiger charge is 2.42. The van der Waals surface area contributed by atoms with Gasteiger partial charge in [-0.2, -0.15) is 0 Å². The number of hydrogen-bond acceptors (Lipinski definition) is 5. The highest BCUT2D eigenvalue weighted by Crippen LogP contribution is 2.31. The Morgan fingerprint density at radius 3 is 2.54 bits per heavy atom. The number of piperazine rings is 1. The zero-order valence-corrected chi connectivity index (χ0v) is 16.4. The Balaban J connectivity index is 1.55. The van der Waals surface area contributed by atoms with Crippen molar-refractivity contribution >= 4 is 35.1 Å². The third-order valence-corrected chi connectivity index (χ3v) is 5.43. The molecule has 0 bridgehead atoms. The van der Waals surface area contributed by atoms with Gasteiger partial charge in [-0.1, -0.05) is 11.6 Å². The van der Waals surface area contributed by atoms with E-state index >= 15 is 0 Å². The van der Waals surface area contributed by atoms with E-state index in [1.54, 1.807) is 24.0 Å². The summed E-state index contributed by atoms with van der Waals surface area (Å²) in [5.41, 5.74) is -0.330. The van der Waals surface area contributed by atoms with Crippen LogP contribution in [0.1, 0.15) is 19.8 Å². The summed E-state index contributed by atoms with van der Waals surface area (Å²) in [6, 6.07) is 2.59. The number of amides is 4. The molecule has 1 aromatic carbocycles. The molecule has 1 aromatic rings. The van der Waals surface area contributed by atoms with Crippen LogP contribution in [0, 0.1) is 5.82 Å². The second-order valence-electron chi connectivity index (χ2n) is 7.05. The monoisotopic (exact) mass is 412 g/mol. The molecule has 3 rings (SSSR count). The van der Waals surface area contributed by atoms with Gasteiger partial charge in [0.2, 0.25) is 5.91 Å². The molecule has 0 aromatic heterocycles. The normalized spacial score (nSPS) is 22.1. The van der Waals surface area contributed by atoms with Gasteiger partial charge in [0.05, 0.1) is 12.1 Å². The van der Waals surface area contributed by atoms with Crippen LogP contribution in [-0.4, -0.2) is 61.6 Å². The van der Waals surface area contributed by atoms with Crippen LogP contribution in [0.3, 0.4) is 0 Å². The van der Waals surface area contributed by atoms with Crippen molar-refractivity contribution < 1.29 is 23.5 Å². The molecule has 8 nitrogen and oxygen atoms in total. The summed E-state index contributed by atoms with van der Waals surface area (Å²) in [6.45, 7) is 3.71. The first-order valence-electron chi connectivity index (χ1n) is 8.93. The van der Waals surface area contributed by atoms with Crippen molar-refractivity contribution in [3.63, 3.8) is 0 Å². The van der Waals surface area contributed by atoms with E-state index in [0.717, 1.165) is 5.69 Å². The van der Waals surface area contributed by atoms with Crippen LogP contribution in [0.2, 0.25) is 5.02 Å². The van der Waals surface area contributed by atoms with E-state index in [0.29, 0.717) is 26.2 Å². The molecule has 2 aliphatic heterocycles. The summed E-state index contributed by atoms with van der Waals surface area (Å²) in [6.07, 6.45) is 0.384. The van der Waals surface area contributed by atoms with Gasteiger partial charge in [-0.3, -0.25) is 14.9 Å². The standard InChI is InChI=1S/C18H22ClFN4O4/c1-18(16(26)21-17(27)22-18)4-3-14(25)24-7-5-23(6-8-24)11-9-12(19)15(20)13(10-11)28-2/h9-10H,3-8H2,1-2H3,(H2,21,22,26,27). The predicted octanol–water partition coefficient (Wildman–Crippen LogP) is 1.51. The average molecular weight is 413 g/mol. The lowest BCUT2D eigenvalue weighted by molar-refractivity contribution is -0.132. The molecule has 4 amide bonds. The number of halogens is 2. The van der Waals surface area contributed by atoms with Crippen molar-refractivity contribution in [2.24, 2.45) is 0 Å². The van der Waals surface area contributed by atoms with Crippen molar-refractivity contribution in [2.45, 2.75) is 25.3 Å². The number of nitrogens with zero attached hydrogens (tertiary/aromatic N) is 2. The minimum Gasteiger partial charge on any atom is -0.494 e. The van der Waals surface area contributed by atoms with Gasteiger partial charge in [-0.05, 0) is 19.4 Å². The molecule has 28 heavy (non-hydrogen) atoms. The molecule has 10 heteroatoms.